The number of aryl methyl sites for hydroxylation is 1. The minimum Gasteiger partial charge on any atom is -0.451 e. The quantitative estimate of drug-likeness (QED) is 0.248. The Labute approximate surface area is 189 Å². The fourth-order valence-corrected chi connectivity index (χ4v) is 3.71. The van der Waals surface area contributed by atoms with Gasteiger partial charge in [0.15, 0.2) is 6.10 Å². The number of pyridine rings is 1. The van der Waals surface area contributed by atoms with Crippen molar-refractivity contribution in [1.82, 2.24) is 4.98 Å². The van der Waals surface area contributed by atoms with Crippen LogP contribution < -0.4 is 0 Å². The number of ether oxygens (including phenoxy) is 1. The number of rotatable bonds is 5. The lowest BCUT2D eigenvalue weighted by Crippen LogP contribution is -2.24. The molecule has 1 atom stereocenters. The summed E-state index contributed by atoms with van der Waals surface area (Å²) in [5, 5.41) is 0.699. The molecular weight excluding hydrogens is 454 g/mol. The van der Waals surface area contributed by atoms with E-state index in [-0.39, 0.29) is 5.78 Å². The molecule has 0 fully saturated rings. The van der Waals surface area contributed by atoms with Crippen molar-refractivity contribution in [3.63, 3.8) is 0 Å². The second-order valence-corrected chi connectivity index (χ2v) is 8.23. The van der Waals surface area contributed by atoms with Gasteiger partial charge in [0.05, 0.1) is 16.8 Å². The summed E-state index contributed by atoms with van der Waals surface area (Å²) < 4.78 is 6.55. The highest BCUT2D eigenvalue weighted by Gasteiger charge is 2.23. The summed E-state index contributed by atoms with van der Waals surface area (Å²) in [6.45, 7) is 3.55. The summed E-state index contributed by atoms with van der Waals surface area (Å²) in [6, 6.07) is 24.0. The van der Waals surface area contributed by atoms with Gasteiger partial charge in [0.1, 0.15) is 0 Å². The summed E-state index contributed by atoms with van der Waals surface area (Å²) in [7, 11) is 0. The summed E-state index contributed by atoms with van der Waals surface area (Å²) in [4.78, 5) is 30.6. The molecule has 0 aliphatic carbocycles. The molecule has 4 nitrogen and oxygen atoms in total. The molecule has 0 amide bonds. The summed E-state index contributed by atoms with van der Waals surface area (Å²) >= 11 is 3.44. The van der Waals surface area contributed by atoms with Gasteiger partial charge in [-0.1, -0.05) is 76.6 Å². The van der Waals surface area contributed by atoms with E-state index in [4.69, 9.17) is 9.72 Å². The number of fused-ring (bicyclic) bond motifs is 1. The first-order valence-corrected chi connectivity index (χ1v) is 10.7. The van der Waals surface area contributed by atoms with Gasteiger partial charge >= 0.3 is 5.97 Å². The molecule has 0 aliphatic heterocycles. The number of nitrogens with zero attached hydrogens (tertiary/aromatic N) is 1. The second-order valence-electron chi connectivity index (χ2n) is 7.31. The first-order valence-electron chi connectivity index (χ1n) is 9.90. The summed E-state index contributed by atoms with van der Waals surface area (Å²) in [6.07, 6.45) is -0.904. The smallest absolute Gasteiger partial charge is 0.339 e. The topological polar surface area (TPSA) is 56.3 Å². The number of benzene rings is 3. The molecule has 1 aromatic heterocycles. The number of ketones is 1. The van der Waals surface area contributed by atoms with Crippen molar-refractivity contribution in [1.29, 1.82) is 0 Å². The van der Waals surface area contributed by atoms with Crippen LogP contribution in [0.15, 0.2) is 83.3 Å². The SMILES string of the molecule is Cc1cccc2c(C(=O)OC(C)C(=O)c3ccccc3)cc(-c3ccc(Br)cc3)nc12. The van der Waals surface area contributed by atoms with Gasteiger partial charge < -0.3 is 4.74 Å². The molecule has 0 aliphatic rings. The zero-order valence-electron chi connectivity index (χ0n) is 17.1. The highest BCUT2D eigenvalue weighted by molar-refractivity contribution is 9.10. The van der Waals surface area contributed by atoms with Crippen LogP contribution in [0.4, 0.5) is 0 Å². The molecule has 1 unspecified atom stereocenters. The van der Waals surface area contributed by atoms with Gasteiger partial charge in [-0.15, -0.1) is 0 Å². The largest absolute Gasteiger partial charge is 0.451 e. The number of para-hydroxylation sites is 1. The maximum Gasteiger partial charge on any atom is 0.339 e. The highest BCUT2D eigenvalue weighted by Crippen LogP contribution is 2.28. The maximum atomic E-state index is 13.1. The number of Topliss-reactive ketones (excluding diaryl/α,β-unsaturated/α-hetero) is 1. The van der Waals surface area contributed by atoms with Crippen molar-refractivity contribution >= 4 is 38.6 Å². The van der Waals surface area contributed by atoms with E-state index in [1.807, 2.05) is 55.5 Å². The molecule has 31 heavy (non-hydrogen) atoms. The number of esters is 1. The Morgan fingerprint density at radius 3 is 2.35 bits per heavy atom. The van der Waals surface area contributed by atoms with Crippen molar-refractivity contribution < 1.29 is 14.3 Å². The lowest BCUT2D eigenvalue weighted by atomic mass is 10.0. The van der Waals surface area contributed by atoms with Gasteiger partial charge in [-0.2, -0.15) is 0 Å². The Balaban J connectivity index is 1.73. The molecule has 0 saturated heterocycles. The van der Waals surface area contributed by atoms with Gasteiger partial charge in [0, 0.05) is 21.0 Å². The summed E-state index contributed by atoms with van der Waals surface area (Å²) in [5.74, 6) is -0.787. The third-order valence-corrected chi connectivity index (χ3v) is 5.64. The predicted octanol–water partition coefficient (Wildman–Crippen LogP) is 6.40. The fraction of sp³-hybridized carbons (Fsp3) is 0.115. The van der Waals surface area contributed by atoms with Crippen molar-refractivity contribution in [2.45, 2.75) is 20.0 Å². The Kier molecular flexibility index (Phi) is 5.96. The van der Waals surface area contributed by atoms with Gasteiger partial charge in [-0.3, -0.25) is 4.79 Å². The summed E-state index contributed by atoms with van der Waals surface area (Å²) in [5.41, 5.74) is 4.14. The van der Waals surface area contributed by atoms with E-state index < -0.39 is 12.1 Å². The fourth-order valence-electron chi connectivity index (χ4n) is 3.44. The van der Waals surface area contributed by atoms with E-state index in [1.165, 1.54) is 0 Å². The van der Waals surface area contributed by atoms with Crippen LogP contribution in [0.2, 0.25) is 0 Å². The molecule has 1 heterocycles. The van der Waals surface area contributed by atoms with E-state index in [9.17, 15) is 9.59 Å². The molecule has 0 bridgehead atoms. The van der Waals surface area contributed by atoms with Crippen LogP contribution >= 0.6 is 15.9 Å². The number of halogens is 1. The van der Waals surface area contributed by atoms with E-state index in [0.29, 0.717) is 22.2 Å². The number of carbonyl (C=O) groups excluding carboxylic acids is 2. The zero-order valence-corrected chi connectivity index (χ0v) is 18.7. The van der Waals surface area contributed by atoms with Crippen molar-refractivity contribution in [3.8, 4) is 11.3 Å². The van der Waals surface area contributed by atoms with E-state index in [0.717, 1.165) is 21.1 Å². The Morgan fingerprint density at radius 2 is 1.65 bits per heavy atom. The zero-order chi connectivity index (χ0) is 22.0. The highest BCUT2D eigenvalue weighted by atomic mass is 79.9. The van der Waals surface area contributed by atoms with Crippen LogP contribution in [0.5, 0.6) is 0 Å². The first-order chi connectivity index (χ1) is 14.9. The number of aromatic nitrogens is 1. The lowest BCUT2D eigenvalue weighted by molar-refractivity contribution is 0.0320. The minimum absolute atomic E-state index is 0.239. The molecule has 5 heteroatoms. The third-order valence-electron chi connectivity index (χ3n) is 5.11. The number of hydrogen-bond acceptors (Lipinski definition) is 4. The Bertz CT molecular complexity index is 1270. The third kappa shape index (κ3) is 4.42. The number of carbonyl (C=O) groups is 2. The maximum absolute atomic E-state index is 13.1. The van der Waals surface area contributed by atoms with Gasteiger partial charge in [0.25, 0.3) is 0 Å². The van der Waals surface area contributed by atoms with Gasteiger partial charge in [-0.25, -0.2) is 9.78 Å². The second kappa shape index (κ2) is 8.82. The van der Waals surface area contributed by atoms with Crippen molar-refractivity contribution in [2.24, 2.45) is 0 Å². The number of hydrogen-bond donors (Lipinski definition) is 0. The van der Waals surface area contributed by atoms with E-state index in [1.54, 1.807) is 37.3 Å². The molecule has 4 rings (SSSR count). The molecule has 4 aromatic rings. The van der Waals surface area contributed by atoms with Crippen LogP contribution in [-0.2, 0) is 4.74 Å². The molecule has 0 radical (unpaired) electrons. The van der Waals surface area contributed by atoms with Crippen LogP contribution in [0.3, 0.4) is 0 Å². The molecule has 0 spiro atoms. The average molecular weight is 474 g/mol. The van der Waals surface area contributed by atoms with Crippen LogP contribution in [0, 0.1) is 6.92 Å². The van der Waals surface area contributed by atoms with Crippen molar-refractivity contribution in [3.05, 3.63) is 100 Å². The van der Waals surface area contributed by atoms with Gasteiger partial charge in [-0.05, 0) is 37.6 Å². The first kappa shape index (κ1) is 20.9. The van der Waals surface area contributed by atoms with Crippen LogP contribution in [-0.4, -0.2) is 22.8 Å². The normalized spacial score (nSPS) is 11.8. The Hall–Kier alpha value is -3.31. The molecule has 0 N–H and O–H groups in total. The van der Waals surface area contributed by atoms with Crippen molar-refractivity contribution in [2.75, 3.05) is 0 Å². The predicted molar refractivity (Wildman–Crippen MR) is 125 cm³/mol. The monoisotopic (exact) mass is 473 g/mol. The lowest BCUT2D eigenvalue weighted by Gasteiger charge is -2.15. The molecule has 154 valence electrons. The molecular formula is C26H20BrNO3. The minimum atomic E-state index is -0.904. The van der Waals surface area contributed by atoms with Crippen LogP contribution in [0.25, 0.3) is 22.2 Å². The standard InChI is InChI=1S/C26H20BrNO3/c1-16-7-6-10-21-22(15-23(28-24(16)21)18-11-13-20(27)14-12-18)26(30)31-17(2)25(29)19-8-4-3-5-9-19/h3-15,17H,1-2H3. The van der Waals surface area contributed by atoms with E-state index in [2.05, 4.69) is 15.9 Å². The average Bonchev–Trinajstić information content (AvgIpc) is 2.79. The molecule has 0 saturated carbocycles. The van der Waals surface area contributed by atoms with Gasteiger partial charge in [0.2, 0.25) is 5.78 Å². The van der Waals surface area contributed by atoms with Crippen LogP contribution in [0.1, 0.15) is 33.2 Å². The Morgan fingerprint density at radius 1 is 0.935 bits per heavy atom. The molecule has 3 aromatic carbocycles. The van der Waals surface area contributed by atoms with E-state index >= 15 is 0 Å².